The normalized spacial score (nSPS) is 10.9. The van der Waals surface area contributed by atoms with Crippen LogP contribution in [0.4, 0.5) is 5.82 Å². The van der Waals surface area contributed by atoms with E-state index in [1.54, 1.807) is 0 Å². The first-order chi connectivity index (χ1) is 8.06. The molecule has 0 radical (unpaired) electrons. The molecule has 0 bridgehead atoms. The van der Waals surface area contributed by atoms with Crippen LogP contribution in [-0.2, 0) is 0 Å². The molecule has 0 fully saturated rings. The largest absolute Gasteiger partial charge is 0.354 e. The van der Waals surface area contributed by atoms with Crippen molar-refractivity contribution in [3.63, 3.8) is 0 Å². The molecule has 96 valence electrons. The number of nitrogens with one attached hydrogen (secondary N) is 2. The van der Waals surface area contributed by atoms with E-state index in [9.17, 15) is 4.79 Å². The number of rotatable bonds is 6. The summed E-state index contributed by atoms with van der Waals surface area (Å²) in [6, 6.07) is 0.441. The van der Waals surface area contributed by atoms with Crippen molar-refractivity contribution in [1.82, 2.24) is 15.3 Å². The summed E-state index contributed by atoms with van der Waals surface area (Å²) in [4.78, 5) is 19.9. The van der Waals surface area contributed by atoms with E-state index in [1.165, 1.54) is 6.33 Å². The lowest BCUT2D eigenvalue weighted by Crippen LogP contribution is -2.36. The summed E-state index contributed by atoms with van der Waals surface area (Å²) in [5, 5.41) is 3.47. The van der Waals surface area contributed by atoms with Crippen molar-refractivity contribution < 1.29 is 0 Å². The maximum absolute atomic E-state index is 11.4. The Labute approximate surface area is 106 Å². The Hall–Kier alpha value is -1.07. The van der Waals surface area contributed by atoms with E-state index >= 15 is 0 Å². The molecule has 0 atom stereocenters. The summed E-state index contributed by atoms with van der Waals surface area (Å²) < 4.78 is 0. The fraction of sp³-hybridized carbons (Fsp3) is 0.636. The summed E-state index contributed by atoms with van der Waals surface area (Å²) in [5.74, 6) is 0.545. The minimum absolute atomic E-state index is 0.152. The first-order valence-corrected chi connectivity index (χ1v) is 6.15. The maximum atomic E-state index is 11.4. The summed E-state index contributed by atoms with van der Waals surface area (Å²) in [7, 11) is 0. The molecule has 2 N–H and O–H groups in total. The van der Waals surface area contributed by atoms with Gasteiger partial charge in [0.05, 0.1) is 6.33 Å². The highest BCUT2D eigenvalue weighted by Gasteiger charge is 2.12. The van der Waals surface area contributed by atoms with Gasteiger partial charge in [-0.05, 0) is 6.92 Å². The lowest BCUT2D eigenvalue weighted by molar-refractivity contribution is 0.582. The first-order valence-electron chi connectivity index (χ1n) is 5.77. The smallest absolute Gasteiger partial charge is 0.271 e. The monoisotopic (exact) mass is 258 g/mol. The Morgan fingerprint density at radius 3 is 2.88 bits per heavy atom. The quantitative estimate of drug-likeness (QED) is 0.806. The lowest BCUT2D eigenvalue weighted by Gasteiger charge is -2.23. The van der Waals surface area contributed by atoms with E-state index in [-0.39, 0.29) is 10.6 Å². The predicted molar refractivity (Wildman–Crippen MR) is 70.9 cm³/mol. The summed E-state index contributed by atoms with van der Waals surface area (Å²) in [6.07, 6.45) is 1.38. The number of anilines is 1. The average Bonchev–Trinajstić information content (AvgIpc) is 2.28. The van der Waals surface area contributed by atoms with Gasteiger partial charge in [-0.3, -0.25) is 4.79 Å². The van der Waals surface area contributed by atoms with Gasteiger partial charge in [0.15, 0.2) is 5.82 Å². The number of halogens is 1. The summed E-state index contributed by atoms with van der Waals surface area (Å²) in [5.41, 5.74) is -0.299. The standard InChI is InChI=1S/C11H19ClN4O/c1-4-16(6-5-13-8(2)3)10-9(12)11(17)15-7-14-10/h7-8,13H,4-6H2,1-3H3,(H,14,15,17). The second-order valence-corrected chi connectivity index (χ2v) is 4.44. The number of aromatic nitrogens is 2. The zero-order chi connectivity index (χ0) is 12.8. The topological polar surface area (TPSA) is 61.0 Å². The first kappa shape index (κ1) is 14.0. The van der Waals surface area contributed by atoms with Crippen LogP contribution in [0.15, 0.2) is 11.1 Å². The van der Waals surface area contributed by atoms with Gasteiger partial charge < -0.3 is 15.2 Å². The molecule has 1 aromatic heterocycles. The van der Waals surface area contributed by atoms with Crippen LogP contribution in [-0.4, -0.2) is 35.6 Å². The molecule has 6 heteroatoms. The molecule has 0 amide bonds. The molecular weight excluding hydrogens is 240 g/mol. The molecule has 0 aliphatic rings. The van der Waals surface area contributed by atoms with E-state index in [2.05, 4.69) is 29.1 Å². The molecule has 5 nitrogen and oxygen atoms in total. The van der Waals surface area contributed by atoms with Crippen LogP contribution in [0, 0.1) is 0 Å². The molecule has 0 aliphatic carbocycles. The SMILES string of the molecule is CCN(CCNC(C)C)c1nc[nH]c(=O)c1Cl. The minimum Gasteiger partial charge on any atom is -0.354 e. The molecule has 17 heavy (non-hydrogen) atoms. The van der Waals surface area contributed by atoms with Crippen LogP contribution >= 0.6 is 11.6 Å². The number of hydrogen-bond donors (Lipinski definition) is 2. The Balaban J connectivity index is 2.73. The second-order valence-electron chi connectivity index (χ2n) is 4.06. The third-order valence-corrected chi connectivity index (χ3v) is 2.73. The molecule has 1 heterocycles. The second kappa shape index (κ2) is 6.61. The van der Waals surface area contributed by atoms with Crippen molar-refractivity contribution in [2.45, 2.75) is 26.8 Å². The van der Waals surface area contributed by atoms with Crippen LogP contribution in [0.5, 0.6) is 0 Å². The van der Waals surface area contributed by atoms with E-state index < -0.39 is 0 Å². The third-order valence-electron chi connectivity index (χ3n) is 2.39. The number of likely N-dealkylation sites (N-methyl/N-ethyl adjacent to an activating group) is 1. The molecule has 0 saturated carbocycles. The van der Waals surface area contributed by atoms with Crippen LogP contribution in [0.3, 0.4) is 0 Å². The van der Waals surface area contributed by atoms with Gasteiger partial charge in [-0.15, -0.1) is 0 Å². The highest BCUT2D eigenvalue weighted by atomic mass is 35.5. The fourth-order valence-corrected chi connectivity index (χ4v) is 1.72. The Morgan fingerprint density at radius 2 is 2.29 bits per heavy atom. The lowest BCUT2D eigenvalue weighted by atomic mass is 10.3. The predicted octanol–water partition coefficient (Wildman–Crippen LogP) is 1.25. The van der Waals surface area contributed by atoms with Gasteiger partial charge in [0, 0.05) is 25.7 Å². The molecule has 1 rings (SSSR count). The molecular formula is C11H19ClN4O. The van der Waals surface area contributed by atoms with Crippen molar-refractivity contribution in [1.29, 1.82) is 0 Å². The molecule has 1 aromatic rings. The van der Waals surface area contributed by atoms with Gasteiger partial charge in [0.1, 0.15) is 5.02 Å². The molecule has 0 unspecified atom stereocenters. The van der Waals surface area contributed by atoms with Crippen LogP contribution in [0.25, 0.3) is 0 Å². The molecule has 0 aromatic carbocycles. The van der Waals surface area contributed by atoms with Crippen molar-refractivity contribution in [3.8, 4) is 0 Å². The van der Waals surface area contributed by atoms with E-state index in [4.69, 9.17) is 11.6 Å². The van der Waals surface area contributed by atoms with Gasteiger partial charge in [-0.1, -0.05) is 25.4 Å². The van der Waals surface area contributed by atoms with Gasteiger partial charge >= 0.3 is 0 Å². The van der Waals surface area contributed by atoms with Crippen LogP contribution in [0.1, 0.15) is 20.8 Å². The number of hydrogen-bond acceptors (Lipinski definition) is 4. The van der Waals surface area contributed by atoms with Crippen molar-refractivity contribution >= 4 is 17.4 Å². The number of aromatic amines is 1. The Bertz CT molecular complexity index is 405. The van der Waals surface area contributed by atoms with Gasteiger partial charge in [0.25, 0.3) is 5.56 Å². The van der Waals surface area contributed by atoms with E-state index in [1.807, 2.05) is 11.8 Å². The van der Waals surface area contributed by atoms with Crippen molar-refractivity contribution in [2.24, 2.45) is 0 Å². The molecule has 0 saturated heterocycles. The maximum Gasteiger partial charge on any atom is 0.271 e. The Morgan fingerprint density at radius 1 is 1.59 bits per heavy atom. The highest BCUT2D eigenvalue weighted by Crippen LogP contribution is 2.17. The summed E-state index contributed by atoms with van der Waals surface area (Å²) >= 11 is 5.94. The zero-order valence-electron chi connectivity index (χ0n) is 10.5. The van der Waals surface area contributed by atoms with Gasteiger partial charge in [0.2, 0.25) is 0 Å². The third kappa shape index (κ3) is 4.02. The van der Waals surface area contributed by atoms with Crippen LogP contribution < -0.4 is 15.8 Å². The van der Waals surface area contributed by atoms with Gasteiger partial charge in [-0.25, -0.2) is 4.98 Å². The molecule has 0 aliphatic heterocycles. The summed E-state index contributed by atoms with van der Waals surface area (Å²) in [6.45, 7) is 8.55. The highest BCUT2D eigenvalue weighted by molar-refractivity contribution is 6.32. The number of nitrogens with zero attached hydrogens (tertiary/aromatic N) is 2. The zero-order valence-corrected chi connectivity index (χ0v) is 11.2. The van der Waals surface area contributed by atoms with E-state index in [0.717, 1.165) is 19.6 Å². The van der Waals surface area contributed by atoms with Crippen LogP contribution in [0.2, 0.25) is 5.02 Å². The number of H-pyrrole nitrogens is 1. The van der Waals surface area contributed by atoms with Crippen molar-refractivity contribution in [3.05, 3.63) is 21.7 Å². The van der Waals surface area contributed by atoms with Gasteiger partial charge in [-0.2, -0.15) is 0 Å². The Kier molecular flexibility index (Phi) is 5.44. The van der Waals surface area contributed by atoms with E-state index in [0.29, 0.717) is 11.9 Å². The average molecular weight is 259 g/mol. The fourth-order valence-electron chi connectivity index (χ4n) is 1.50. The van der Waals surface area contributed by atoms with Crippen molar-refractivity contribution in [2.75, 3.05) is 24.5 Å². The minimum atomic E-state index is -0.299. The molecule has 0 spiro atoms.